The van der Waals surface area contributed by atoms with Crippen molar-refractivity contribution in [2.24, 2.45) is 0 Å². The number of hydrogen-bond acceptors (Lipinski definition) is 4. The SMILES string of the molecule is Cc1cccc(OC2CN(Cc3ccc(OCC(=O)N4CCCC4)cc3)C2)c1. The molecule has 2 aliphatic rings. The van der Waals surface area contributed by atoms with Gasteiger partial charge >= 0.3 is 0 Å². The van der Waals surface area contributed by atoms with E-state index in [0.717, 1.165) is 57.1 Å². The zero-order chi connectivity index (χ0) is 19.3. The molecule has 5 nitrogen and oxygen atoms in total. The zero-order valence-corrected chi connectivity index (χ0v) is 16.5. The summed E-state index contributed by atoms with van der Waals surface area (Å²) < 4.78 is 11.7. The van der Waals surface area contributed by atoms with Gasteiger partial charge in [0.05, 0.1) is 0 Å². The predicted octanol–water partition coefficient (Wildman–Crippen LogP) is 3.26. The molecule has 2 heterocycles. The first kappa shape index (κ1) is 18.8. The lowest BCUT2D eigenvalue weighted by atomic mass is 10.1. The number of rotatable bonds is 7. The molecule has 4 rings (SSSR count). The van der Waals surface area contributed by atoms with E-state index in [2.05, 4.69) is 36.1 Å². The van der Waals surface area contributed by atoms with Gasteiger partial charge in [0.2, 0.25) is 0 Å². The van der Waals surface area contributed by atoms with Gasteiger partial charge in [-0.3, -0.25) is 9.69 Å². The molecule has 0 spiro atoms. The van der Waals surface area contributed by atoms with Gasteiger partial charge in [0.25, 0.3) is 5.91 Å². The third-order valence-electron chi connectivity index (χ3n) is 5.37. The van der Waals surface area contributed by atoms with Gasteiger partial charge in [-0.25, -0.2) is 0 Å². The van der Waals surface area contributed by atoms with Crippen molar-refractivity contribution in [2.45, 2.75) is 32.4 Å². The maximum absolute atomic E-state index is 12.0. The molecule has 1 amide bonds. The van der Waals surface area contributed by atoms with Crippen LogP contribution in [0.25, 0.3) is 0 Å². The topological polar surface area (TPSA) is 42.0 Å². The summed E-state index contributed by atoms with van der Waals surface area (Å²) >= 11 is 0. The summed E-state index contributed by atoms with van der Waals surface area (Å²) in [5.74, 6) is 1.79. The minimum Gasteiger partial charge on any atom is -0.488 e. The molecule has 0 N–H and O–H groups in total. The molecular weight excluding hydrogens is 352 g/mol. The van der Waals surface area contributed by atoms with E-state index in [-0.39, 0.29) is 18.6 Å². The number of hydrogen-bond donors (Lipinski definition) is 0. The number of nitrogens with zero attached hydrogens (tertiary/aromatic N) is 2. The van der Waals surface area contributed by atoms with E-state index in [9.17, 15) is 4.79 Å². The summed E-state index contributed by atoms with van der Waals surface area (Å²) in [7, 11) is 0. The van der Waals surface area contributed by atoms with Gasteiger partial charge in [0, 0.05) is 32.7 Å². The molecule has 148 valence electrons. The first-order chi connectivity index (χ1) is 13.7. The first-order valence-electron chi connectivity index (χ1n) is 10.1. The Hall–Kier alpha value is -2.53. The number of likely N-dealkylation sites (tertiary alicyclic amines) is 2. The molecule has 2 saturated heterocycles. The second kappa shape index (κ2) is 8.65. The summed E-state index contributed by atoms with van der Waals surface area (Å²) in [6.45, 7) is 6.73. The monoisotopic (exact) mass is 380 g/mol. The first-order valence-corrected chi connectivity index (χ1v) is 10.1. The van der Waals surface area contributed by atoms with E-state index in [1.807, 2.05) is 29.2 Å². The van der Waals surface area contributed by atoms with Gasteiger partial charge in [-0.2, -0.15) is 0 Å². The van der Waals surface area contributed by atoms with Gasteiger partial charge in [-0.15, -0.1) is 0 Å². The lowest BCUT2D eigenvalue weighted by molar-refractivity contribution is -0.132. The molecular formula is C23H28N2O3. The summed E-state index contributed by atoms with van der Waals surface area (Å²) in [6.07, 6.45) is 2.47. The highest BCUT2D eigenvalue weighted by atomic mass is 16.5. The third kappa shape index (κ3) is 4.84. The average Bonchev–Trinajstić information content (AvgIpc) is 3.20. The van der Waals surface area contributed by atoms with E-state index in [1.165, 1.54) is 11.1 Å². The van der Waals surface area contributed by atoms with Crippen LogP contribution >= 0.6 is 0 Å². The van der Waals surface area contributed by atoms with Crippen molar-refractivity contribution in [1.29, 1.82) is 0 Å². The minimum atomic E-state index is 0.0850. The van der Waals surface area contributed by atoms with Crippen molar-refractivity contribution in [3.63, 3.8) is 0 Å². The average molecular weight is 380 g/mol. The quantitative estimate of drug-likeness (QED) is 0.739. The summed E-state index contributed by atoms with van der Waals surface area (Å²) in [5, 5.41) is 0. The Morgan fingerprint density at radius 3 is 2.50 bits per heavy atom. The van der Waals surface area contributed by atoms with Crippen LogP contribution in [0.1, 0.15) is 24.0 Å². The molecule has 0 unspecified atom stereocenters. The standard InChI is InChI=1S/C23H28N2O3/c1-18-5-4-6-21(13-18)28-22-15-24(16-22)14-19-7-9-20(10-8-19)27-17-23(26)25-11-2-3-12-25/h4-10,13,22H,2-3,11-12,14-17H2,1H3. The highest BCUT2D eigenvalue weighted by Gasteiger charge is 2.28. The van der Waals surface area contributed by atoms with Crippen LogP contribution in [-0.4, -0.2) is 54.6 Å². The van der Waals surface area contributed by atoms with Crippen LogP contribution in [0.2, 0.25) is 0 Å². The Morgan fingerprint density at radius 2 is 1.79 bits per heavy atom. The van der Waals surface area contributed by atoms with Crippen molar-refractivity contribution >= 4 is 5.91 Å². The lowest BCUT2D eigenvalue weighted by Gasteiger charge is -2.39. The normalized spacial score (nSPS) is 17.4. The Labute approximate surface area is 166 Å². The summed E-state index contributed by atoms with van der Waals surface area (Å²) in [5.41, 5.74) is 2.46. The largest absolute Gasteiger partial charge is 0.488 e. The number of amides is 1. The summed E-state index contributed by atoms with van der Waals surface area (Å²) in [6, 6.07) is 16.3. The van der Waals surface area contributed by atoms with Crippen LogP contribution in [-0.2, 0) is 11.3 Å². The van der Waals surface area contributed by atoms with E-state index in [1.54, 1.807) is 0 Å². The predicted molar refractivity (Wildman–Crippen MR) is 109 cm³/mol. The molecule has 0 bridgehead atoms. The Balaban J connectivity index is 1.18. The molecule has 28 heavy (non-hydrogen) atoms. The van der Waals surface area contributed by atoms with E-state index in [0.29, 0.717) is 0 Å². The van der Waals surface area contributed by atoms with Crippen LogP contribution in [0.5, 0.6) is 11.5 Å². The number of benzene rings is 2. The van der Waals surface area contributed by atoms with Crippen LogP contribution in [0, 0.1) is 6.92 Å². The van der Waals surface area contributed by atoms with Crippen molar-refractivity contribution in [3.8, 4) is 11.5 Å². The van der Waals surface area contributed by atoms with Crippen molar-refractivity contribution in [1.82, 2.24) is 9.80 Å². The molecule has 0 aromatic heterocycles. The molecule has 2 aliphatic heterocycles. The van der Waals surface area contributed by atoms with Crippen LogP contribution in [0.15, 0.2) is 48.5 Å². The van der Waals surface area contributed by atoms with Gasteiger partial charge in [0.15, 0.2) is 6.61 Å². The third-order valence-corrected chi connectivity index (χ3v) is 5.37. The number of ether oxygens (including phenoxy) is 2. The zero-order valence-electron chi connectivity index (χ0n) is 16.5. The molecule has 2 aromatic rings. The highest BCUT2D eigenvalue weighted by molar-refractivity contribution is 5.78. The molecule has 0 radical (unpaired) electrons. The van der Waals surface area contributed by atoms with Gasteiger partial charge in [0.1, 0.15) is 17.6 Å². The maximum atomic E-state index is 12.0. The maximum Gasteiger partial charge on any atom is 0.260 e. The fraction of sp³-hybridized carbons (Fsp3) is 0.435. The molecule has 5 heteroatoms. The van der Waals surface area contributed by atoms with Gasteiger partial charge in [-0.05, 0) is 55.2 Å². The van der Waals surface area contributed by atoms with Crippen LogP contribution in [0.3, 0.4) is 0 Å². The van der Waals surface area contributed by atoms with Crippen molar-refractivity contribution < 1.29 is 14.3 Å². The molecule has 2 fully saturated rings. The fourth-order valence-electron chi connectivity index (χ4n) is 3.76. The number of aryl methyl sites for hydroxylation is 1. The van der Waals surface area contributed by atoms with E-state index >= 15 is 0 Å². The molecule has 0 aliphatic carbocycles. The van der Waals surface area contributed by atoms with Gasteiger partial charge < -0.3 is 14.4 Å². The second-order valence-electron chi connectivity index (χ2n) is 7.77. The van der Waals surface area contributed by atoms with Crippen molar-refractivity contribution in [3.05, 3.63) is 59.7 Å². The van der Waals surface area contributed by atoms with E-state index in [4.69, 9.17) is 9.47 Å². The number of carbonyl (C=O) groups is 1. The Bertz CT molecular complexity index is 794. The Morgan fingerprint density at radius 1 is 1.04 bits per heavy atom. The molecule has 0 saturated carbocycles. The fourth-order valence-corrected chi connectivity index (χ4v) is 3.76. The molecule has 0 atom stereocenters. The highest BCUT2D eigenvalue weighted by Crippen LogP contribution is 2.21. The molecule has 2 aromatic carbocycles. The minimum absolute atomic E-state index is 0.0850. The van der Waals surface area contributed by atoms with Crippen molar-refractivity contribution in [2.75, 3.05) is 32.8 Å². The van der Waals surface area contributed by atoms with Crippen LogP contribution < -0.4 is 9.47 Å². The van der Waals surface area contributed by atoms with E-state index < -0.39 is 0 Å². The smallest absolute Gasteiger partial charge is 0.260 e. The second-order valence-corrected chi connectivity index (χ2v) is 7.77. The lowest BCUT2D eigenvalue weighted by Crippen LogP contribution is -2.53. The van der Waals surface area contributed by atoms with Gasteiger partial charge in [-0.1, -0.05) is 24.3 Å². The summed E-state index contributed by atoms with van der Waals surface area (Å²) in [4.78, 5) is 16.3. The van der Waals surface area contributed by atoms with Crippen LogP contribution in [0.4, 0.5) is 0 Å². The number of carbonyl (C=O) groups excluding carboxylic acids is 1. The Kier molecular flexibility index (Phi) is 5.81.